The normalized spacial score (nSPS) is 13.4. The first-order valence-electron chi connectivity index (χ1n) is 4.33. The quantitative estimate of drug-likeness (QED) is 0.697. The molecule has 2 rings (SSSR count). The molecule has 0 spiro atoms. The van der Waals surface area contributed by atoms with Crippen LogP contribution >= 0.6 is 11.8 Å². The zero-order valence-electron chi connectivity index (χ0n) is 8.57. The molecule has 0 atom stereocenters. The second kappa shape index (κ2) is 5.83. The van der Waals surface area contributed by atoms with Gasteiger partial charge < -0.3 is 0 Å². The lowest BCUT2D eigenvalue weighted by Gasteiger charge is -1.83. The number of hydrogen-bond acceptors (Lipinski definition) is 4. The number of benzene rings is 1. The van der Waals surface area contributed by atoms with E-state index in [1.807, 2.05) is 29.8 Å². The first kappa shape index (κ1) is 13.0. The van der Waals surface area contributed by atoms with E-state index in [4.69, 9.17) is 4.55 Å². The SMILES string of the molecule is C1=CSC=c2ccccc2=N1.CS(=O)(=O)O. The molecule has 1 N–H and O–H groups in total. The molecule has 0 aliphatic carbocycles. The average molecular weight is 257 g/mol. The fourth-order valence-corrected chi connectivity index (χ4v) is 1.52. The summed E-state index contributed by atoms with van der Waals surface area (Å²) >= 11 is 1.66. The summed E-state index contributed by atoms with van der Waals surface area (Å²) in [6.07, 6.45) is 2.54. The minimum Gasteiger partial charge on any atom is -0.286 e. The van der Waals surface area contributed by atoms with Crippen LogP contribution in [0.25, 0.3) is 5.41 Å². The molecule has 6 heteroatoms. The Morgan fingerprint density at radius 1 is 1.31 bits per heavy atom. The molecule has 0 bridgehead atoms. The minimum atomic E-state index is -3.67. The van der Waals surface area contributed by atoms with Gasteiger partial charge in [-0.3, -0.25) is 9.55 Å². The maximum Gasteiger partial charge on any atom is 0.261 e. The molecule has 0 saturated heterocycles. The van der Waals surface area contributed by atoms with E-state index >= 15 is 0 Å². The fraction of sp³-hybridized carbons (Fsp3) is 0.100. The highest BCUT2D eigenvalue weighted by molar-refractivity contribution is 8.09. The van der Waals surface area contributed by atoms with Gasteiger partial charge >= 0.3 is 0 Å². The molecule has 4 nitrogen and oxygen atoms in total. The zero-order valence-corrected chi connectivity index (χ0v) is 10.2. The van der Waals surface area contributed by atoms with Gasteiger partial charge in [0, 0.05) is 11.4 Å². The van der Waals surface area contributed by atoms with Crippen molar-refractivity contribution in [2.24, 2.45) is 4.99 Å². The van der Waals surface area contributed by atoms with Crippen LogP contribution in [0.15, 0.2) is 40.9 Å². The number of thioether (sulfide) groups is 1. The van der Waals surface area contributed by atoms with E-state index in [9.17, 15) is 8.42 Å². The third-order valence-corrected chi connectivity index (χ3v) is 2.15. The summed E-state index contributed by atoms with van der Waals surface area (Å²) in [5, 5.41) is 6.32. The molecule has 1 aromatic rings. The summed E-state index contributed by atoms with van der Waals surface area (Å²) in [7, 11) is -3.67. The fourth-order valence-electron chi connectivity index (χ4n) is 0.963. The highest BCUT2D eigenvalue weighted by atomic mass is 32.2. The van der Waals surface area contributed by atoms with E-state index in [1.165, 1.54) is 5.22 Å². The van der Waals surface area contributed by atoms with Crippen molar-refractivity contribution in [3.8, 4) is 0 Å². The molecular formula is C10H11NO3S2. The van der Waals surface area contributed by atoms with E-state index < -0.39 is 10.1 Å². The van der Waals surface area contributed by atoms with Gasteiger partial charge in [-0.1, -0.05) is 18.2 Å². The van der Waals surface area contributed by atoms with Crippen molar-refractivity contribution in [1.82, 2.24) is 0 Å². The molecule has 0 amide bonds. The predicted molar refractivity (Wildman–Crippen MR) is 65.9 cm³/mol. The highest BCUT2D eigenvalue weighted by Crippen LogP contribution is 2.03. The number of fused-ring (bicyclic) bond motifs is 1. The molecule has 1 aliphatic rings. The van der Waals surface area contributed by atoms with Gasteiger partial charge in [-0.05, 0) is 16.9 Å². The molecule has 0 fully saturated rings. The molecule has 0 aromatic heterocycles. The largest absolute Gasteiger partial charge is 0.286 e. The molecule has 0 unspecified atom stereocenters. The Hall–Kier alpha value is -1.11. The smallest absolute Gasteiger partial charge is 0.261 e. The van der Waals surface area contributed by atoms with Gasteiger partial charge in [0.1, 0.15) is 0 Å². The summed E-state index contributed by atoms with van der Waals surface area (Å²) in [5.74, 6) is 0. The lowest BCUT2D eigenvalue weighted by Crippen LogP contribution is -2.22. The molecular weight excluding hydrogens is 246 g/mol. The van der Waals surface area contributed by atoms with Gasteiger partial charge in [0.25, 0.3) is 10.1 Å². The maximum absolute atomic E-state index is 9.19. The van der Waals surface area contributed by atoms with Crippen molar-refractivity contribution in [2.75, 3.05) is 6.26 Å². The van der Waals surface area contributed by atoms with Gasteiger partial charge in [-0.15, -0.1) is 11.8 Å². The van der Waals surface area contributed by atoms with Crippen molar-refractivity contribution in [3.05, 3.63) is 46.4 Å². The van der Waals surface area contributed by atoms with Gasteiger partial charge in [-0.2, -0.15) is 8.42 Å². The standard InChI is InChI=1S/C9H7NS.CH4O3S/c1-2-4-9-8(3-1)7-11-6-5-10-9;1-5(2,3)4/h1-7H;1H3,(H,2,3,4). The van der Waals surface area contributed by atoms with E-state index in [-0.39, 0.29) is 0 Å². The number of rotatable bonds is 0. The second-order valence-electron chi connectivity index (χ2n) is 2.96. The summed E-state index contributed by atoms with van der Waals surface area (Å²) < 4.78 is 25.9. The Kier molecular flexibility index (Phi) is 4.72. The molecule has 0 radical (unpaired) electrons. The van der Waals surface area contributed by atoms with E-state index in [2.05, 4.69) is 16.5 Å². The Labute approximate surface area is 98.2 Å². The van der Waals surface area contributed by atoms with Crippen LogP contribution in [0.2, 0.25) is 0 Å². The van der Waals surface area contributed by atoms with Gasteiger partial charge in [-0.25, -0.2) is 0 Å². The summed E-state index contributed by atoms with van der Waals surface area (Å²) in [4.78, 5) is 4.25. The molecule has 16 heavy (non-hydrogen) atoms. The lowest BCUT2D eigenvalue weighted by atomic mass is 10.3. The lowest BCUT2D eigenvalue weighted by molar-refractivity contribution is 0.490. The summed E-state index contributed by atoms with van der Waals surface area (Å²) in [6, 6.07) is 8.11. The summed E-state index contributed by atoms with van der Waals surface area (Å²) in [5.41, 5.74) is 0. The Balaban J connectivity index is 0.000000221. The van der Waals surface area contributed by atoms with Gasteiger partial charge in [0.05, 0.1) is 11.6 Å². The first-order valence-corrected chi connectivity index (χ1v) is 7.12. The molecule has 1 heterocycles. The summed E-state index contributed by atoms with van der Waals surface area (Å²) in [6.45, 7) is 0. The topological polar surface area (TPSA) is 66.7 Å². The van der Waals surface area contributed by atoms with E-state index in [0.717, 1.165) is 5.36 Å². The highest BCUT2D eigenvalue weighted by Gasteiger charge is 1.86. The third kappa shape index (κ3) is 5.69. The number of nitrogens with zero attached hydrogens (tertiary/aromatic N) is 1. The minimum absolute atomic E-state index is 0.715. The van der Waals surface area contributed by atoms with Crippen LogP contribution in [-0.4, -0.2) is 19.2 Å². The van der Waals surface area contributed by atoms with Crippen LogP contribution in [0, 0.1) is 0 Å². The Bertz CT molecular complexity index is 583. The first-order chi connectivity index (χ1) is 7.47. The van der Waals surface area contributed by atoms with Crippen molar-refractivity contribution in [2.45, 2.75) is 0 Å². The van der Waals surface area contributed by atoms with Crippen molar-refractivity contribution >= 4 is 27.3 Å². The van der Waals surface area contributed by atoms with Crippen LogP contribution in [0.5, 0.6) is 0 Å². The molecule has 86 valence electrons. The average Bonchev–Trinajstić information content (AvgIpc) is 2.39. The van der Waals surface area contributed by atoms with Crippen molar-refractivity contribution in [1.29, 1.82) is 0 Å². The molecule has 1 aliphatic heterocycles. The zero-order chi connectivity index (χ0) is 12.0. The monoisotopic (exact) mass is 257 g/mol. The maximum atomic E-state index is 9.19. The number of para-hydroxylation sites is 1. The van der Waals surface area contributed by atoms with Crippen LogP contribution < -0.4 is 10.6 Å². The Morgan fingerprint density at radius 3 is 2.62 bits per heavy atom. The van der Waals surface area contributed by atoms with Crippen LogP contribution in [0.1, 0.15) is 0 Å². The van der Waals surface area contributed by atoms with Crippen LogP contribution in [0.4, 0.5) is 0 Å². The molecule has 1 aromatic carbocycles. The van der Waals surface area contributed by atoms with E-state index in [0.29, 0.717) is 6.26 Å². The van der Waals surface area contributed by atoms with Crippen molar-refractivity contribution in [3.63, 3.8) is 0 Å². The predicted octanol–water partition coefficient (Wildman–Crippen LogP) is 0.766. The Morgan fingerprint density at radius 2 is 1.94 bits per heavy atom. The van der Waals surface area contributed by atoms with E-state index in [1.54, 1.807) is 11.8 Å². The molecule has 0 saturated carbocycles. The van der Waals surface area contributed by atoms with Gasteiger partial charge in [0.15, 0.2) is 0 Å². The number of hydrogen-bond donors (Lipinski definition) is 1. The van der Waals surface area contributed by atoms with Gasteiger partial charge in [0.2, 0.25) is 0 Å². The van der Waals surface area contributed by atoms with Crippen LogP contribution in [0.3, 0.4) is 0 Å². The second-order valence-corrected chi connectivity index (χ2v) is 5.21. The van der Waals surface area contributed by atoms with Crippen molar-refractivity contribution < 1.29 is 13.0 Å². The third-order valence-electron chi connectivity index (χ3n) is 1.48. The van der Waals surface area contributed by atoms with Crippen LogP contribution in [-0.2, 0) is 10.1 Å².